The summed E-state index contributed by atoms with van der Waals surface area (Å²) in [5.41, 5.74) is 4.07. The normalized spacial score (nSPS) is 24.7. The maximum absolute atomic E-state index is 11.1. The molecule has 0 spiro atoms. The fourth-order valence-electron chi connectivity index (χ4n) is 3.75. The van der Waals surface area contributed by atoms with Gasteiger partial charge in [-0.05, 0) is 64.3 Å². The maximum Gasteiger partial charge on any atom is 0.335 e. The van der Waals surface area contributed by atoms with E-state index in [1.54, 1.807) is 12.1 Å². The molecule has 1 aliphatic heterocycles. The van der Waals surface area contributed by atoms with E-state index in [0.29, 0.717) is 17.4 Å². The molecule has 23 heavy (non-hydrogen) atoms. The summed E-state index contributed by atoms with van der Waals surface area (Å²) in [6, 6.07) is 13.9. The summed E-state index contributed by atoms with van der Waals surface area (Å²) in [6.45, 7) is 0. The number of fused-ring (bicyclic) bond motifs is 3. The first-order chi connectivity index (χ1) is 11.1. The third-order valence-electron chi connectivity index (χ3n) is 4.86. The zero-order valence-corrected chi connectivity index (χ0v) is 14.5. The Labute approximate surface area is 148 Å². The molecule has 2 aromatic carbocycles. The van der Waals surface area contributed by atoms with Gasteiger partial charge in [0.15, 0.2) is 0 Å². The zero-order chi connectivity index (χ0) is 16.0. The summed E-state index contributed by atoms with van der Waals surface area (Å²) in [6.07, 6.45) is 5.64. The van der Waals surface area contributed by atoms with Gasteiger partial charge in [-0.1, -0.05) is 36.4 Å². The summed E-state index contributed by atoms with van der Waals surface area (Å²) < 4.78 is 1.23. The number of carboxylic acids is 1. The second kappa shape index (κ2) is 5.67. The minimum Gasteiger partial charge on any atom is -0.478 e. The Hall–Kier alpha value is -1.82. The number of nitrogens with one attached hydrogen (secondary N) is 1. The van der Waals surface area contributed by atoms with Gasteiger partial charge in [0.2, 0.25) is 0 Å². The van der Waals surface area contributed by atoms with Gasteiger partial charge in [-0.2, -0.15) is 0 Å². The lowest BCUT2D eigenvalue weighted by atomic mass is 9.77. The molecule has 4 rings (SSSR count). The van der Waals surface area contributed by atoms with Crippen LogP contribution in [-0.4, -0.2) is 11.1 Å². The first-order valence-electron chi connectivity index (χ1n) is 7.70. The van der Waals surface area contributed by atoms with Crippen molar-refractivity contribution in [1.29, 1.82) is 0 Å². The Balaban J connectivity index is 1.75. The van der Waals surface area contributed by atoms with Crippen LogP contribution < -0.4 is 5.32 Å². The van der Waals surface area contributed by atoms with E-state index in [2.05, 4.69) is 58.3 Å². The Morgan fingerprint density at radius 3 is 2.70 bits per heavy atom. The molecular weight excluding hydrogens is 401 g/mol. The molecule has 0 radical (unpaired) electrons. The lowest BCUT2D eigenvalue weighted by molar-refractivity contribution is 0.0697. The van der Waals surface area contributed by atoms with Gasteiger partial charge in [-0.15, -0.1) is 0 Å². The quantitative estimate of drug-likeness (QED) is 0.545. The number of para-hydroxylation sites is 1. The number of anilines is 1. The van der Waals surface area contributed by atoms with Crippen LogP contribution in [0.5, 0.6) is 0 Å². The Morgan fingerprint density at radius 2 is 1.96 bits per heavy atom. The third-order valence-corrected chi connectivity index (χ3v) is 5.76. The molecular formula is C19H16INO2. The minimum absolute atomic E-state index is 0.210. The second-order valence-electron chi connectivity index (χ2n) is 6.11. The third kappa shape index (κ3) is 2.45. The smallest absolute Gasteiger partial charge is 0.335 e. The van der Waals surface area contributed by atoms with E-state index in [9.17, 15) is 4.79 Å². The van der Waals surface area contributed by atoms with Crippen molar-refractivity contribution in [2.45, 2.75) is 18.4 Å². The van der Waals surface area contributed by atoms with Crippen molar-refractivity contribution < 1.29 is 9.90 Å². The highest BCUT2D eigenvalue weighted by atomic mass is 127. The number of hydrogen-bond donors (Lipinski definition) is 2. The standard InChI is InChI=1S/C19H16INO2/c20-16-6-2-5-15-13-3-1-4-14(13)17(21-18(15)16)11-7-9-12(10-8-11)19(22)23/h1-3,5-10,13-14,17,21H,4H2,(H,22,23). The van der Waals surface area contributed by atoms with E-state index < -0.39 is 5.97 Å². The molecule has 3 atom stereocenters. The first-order valence-corrected chi connectivity index (χ1v) is 8.78. The van der Waals surface area contributed by atoms with Gasteiger partial charge in [-0.25, -0.2) is 4.79 Å². The number of aromatic carboxylic acids is 1. The Kier molecular flexibility index (Phi) is 3.64. The lowest BCUT2D eigenvalue weighted by Gasteiger charge is -2.38. The Morgan fingerprint density at radius 1 is 1.17 bits per heavy atom. The lowest BCUT2D eigenvalue weighted by Crippen LogP contribution is -2.29. The van der Waals surface area contributed by atoms with E-state index in [0.717, 1.165) is 12.0 Å². The van der Waals surface area contributed by atoms with Crippen LogP contribution in [0.3, 0.4) is 0 Å². The monoisotopic (exact) mass is 417 g/mol. The average Bonchev–Trinajstić information content (AvgIpc) is 3.04. The fourth-order valence-corrected chi connectivity index (χ4v) is 4.42. The van der Waals surface area contributed by atoms with Crippen molar-refractivity contribution in [3.05, 3.63) is 74.9 Å². The van der Waals surface area contributed by atoms with Crippen molar-refractivity contribution in [2.24, 2.45) is 5.92 Å². The molecule has 1 heterocycles. The summed E-state index contributed by atoms with van der Waals surface area (Å²) in [5, 5.41) is 12.8. The van der Waals surface area contributed by atoms with Gasteiger partial charge in [-0.3, -0.25) is 0 Å². The maximum atomic E-state index is 11.1. The van der Waals surface area contributed by atoms with Crippen molar-refractivity contribution in [3.63, 3.8) is 0 Å². The van der Waals surface area contributed by atoms with Crippen LogP contribution in [-0.2, 0) is 0 Å². The zero-order valence-electron chi connectivity index (χ0n) is 12.4. The topological polar surface area (TPSA) is 49.3 Å². The van der Waals surface area contributed by atoms with E-state index >= 15 is 0 Å². The van der Waals surface area contributed by atoms with Crippen LogP contribution in [0.25, 0.3) is 0 Å². The van der Waals surface area contributed by atoms with E-state index in [1.165, 1.54) is 14.8 Å². The van der Waals surface area contributed by atoms with Crippen molar-refractivity contribution >= 4 is 34.2 Å². The van der Waals surface area contributed by atoms with Gasteiger partial charge in [0, 0.05) is 9.49 Å². The first kappa shape index (κ1) is 14.8. The molecule has 0 aromatic heterocycles. The number of carboxylic acid groups (broad SMARTS) is 1. The number of benzene rings is 2. The predicted molar refractivity (Wildman–Crippen MR) is 98.9 cm³/mol. The van der Waals surface area contributed by atoms with Crippen molar-refractivity contribution in [3.8, 4) is 0 Å². The molecule has 3 unspecified atom stereocenters. The van der Waals surface area contributed by atoms with Crippen LogP contribution in [0.4, 0.5) is 5.69 Å². The largest absolute Gasteiger partial charge is 0.478 e. The molecule has 0 fully saturated rings. The molecule has 0 saturated heterocycles. The van der Waals surface area contributed by atoms with Gasteiger partial charge in [0.25, 0.3) is 0 Å². The number of carbonyl (C=O) groups is 1. The van der Waals surface area contributed by atoms with Crippen LogP contribution in [0.15, 0.2) is 54.6 Å². The highest BCUT2D eigenvalue weighted by Crippen LogP contribution is 2.50. The molecule has 4 heteroatoms. The van der Waals surface area contributed by atoms with Crippen molar-refractivity contribution in [1.82, 2.24) is 0 Å². The van der Waals surface area contributed by atoms with Crippen LogP contribution in [0.2, 0.25) is 0 Å². The molecule has 2 N–H and O–H groups in total. The SMILES string of the molecule is O=C(O)c1ccc(C2Nc3c(I)cccc3C3C=CCC32)cc1. The van der Waals surface area contributed by atoms with Crippen LogP contribution in [0, 0.1) is 9.49 Å². The van der Waals surface area contributed by atoms with Crippen molar-refractivity contribution in [2.75, 3.05) is 5.32 Å². The second-order valence-corrected chi connectivity index (χ2v) is 7.27. The number of hydrogen-bond acceptors (Lipinski definition) is 2. The highest BCUT2D eigenvalue weighted by molar-refractivity contribution is 14.1. The van der Waals surface area contributed by atoms with Crippen LogP contribution in [0.1, 0.15) is 39.9 Å². The van der Waals surface area contributed by atoms with E-state index in [4.69, 9.17) is 5.11 Å². The fraction of sp³-hybridized carbons (Fsp3) is 0.211. The van der Waals surface area contributed by atoms with E-state index in [1.807, 2.05) is 12.1 Å². The molecule has 1 aliphatic carbocycles. The molecule has 0 amide bonds. The summed E-state index contributed by atoms with van der Waals surface area (Å²) in [7, 11) is 0. The molecule has 2 aliphatic rings. The number of halogens is 1. The van der Waals surface area contributed by atoms with Gasteiger partial charge >= 0.3 is 5.97 Å². The summed E-state index contributed by atoms with van der Waals surface area (Å²) in [4.78, 5) is 11.1. The molecule has 0 bridgehead atoms. The predicted octanol–water partition coefficient (Wildman–Crippen LogP) is 4.82. The van der Waals surface area contributed by atoms with E-state index in [-0.39, 0.29) is 6.04 Å². The molecule has 116 valence electrons. The highest BCUT2D eigenvalue weighted by Gasteiger charge is 2.38. The molecule has 2 aromatic rings. The van der Waals surface area contributed by atoms with Gasteiger partial charge in [0.1, 0.15) is 0 Å². The molecule has 0 saturated carbocycles. The summed E-state index contributed by atoms with van der Waals surface area (Å²) >= 11 is 2.38. The van der Waals surface area contributed by atoms with Crippen LogP contribution >= 0.6 is 22.6 Å². The number of allylic oxidation sites excluding steroid dienone is 2. The van der Waals surface area contributed by atoms with Gasteiger partial charge in [0.05, 0.1) is 17.3 Å². The number of rotatable bonds is 2. The van der Waals surface area contributed by atoms with Gasteiger partial charge < -0.3 is 10.4 Å². The Bertz CT molecular complexity index is 798. The summed E-state index contributed by atoms with van der Waals surface area (Å²) in [5.74, 6) is 0.0370. The minimum atomic E-state index is -0.881. The average molecular weight is 417 g/mol. The molecule has 3 nitrogen and oxygen atoms in total.